The first-order valence-electron chi connectivity index (χ1n) is 3.40. The number of rotatable bonds is 3. The molecule has 1 atom stereocenters. The molecule has 66 valence electrons. The van der Waals surface area contributed by atoms with E-state index in [1.807, 2.05) is 6.92 Å². The van der Waals surface area contributed by atoms with Crippen molar-refractivity contribution >= 4 is 12.2 Å². The molecule has 4 nitrogen and oxygen atoms in total. The average Bonchev–Trinajstić information content (AvgIpc) is 2.03. The van der Waals surface area contributed by atoms with Crippen LogP contribution in [0.5, 0.6) is 0 Å². The van der Waals surface area contributed by atoms with Gasteiger partial charge in [0.05, 0.1) is 12.6 Å². The predicted octanol–water partition coefficient (Wildman–Crippen LogP) is 1.24. The van der Waals surface area contributed by atoms with Crippen molar-refractivity contribution < 1.29 is 9.59 Å². The molecule has 0 aliphatic rings. The summed E-state index contributed by atoms with van der Waals surface area (Å²) in [5, 5.41) is 0. The molecule has 0 spiro atoms. The van der Waals surface area contributed by atoms with Crippen molar-refractivity contribution in [3.63, 3.8) is 0 Å². The van der Waals surface area contributed by atoms with Crippen LogP contribution in [0, 0.1) is 0 Å². The molecule has 1 unspecified atom stereocenters. The SMILES string of the molecule is C=CC.CC(CN=C=O)N=C=O. The average molecular weight is 168 g/mol. The third-order valence-electron chi connectivity index (χ3n) is 0.693. The minimum Gasteiger partial charge on any atom is -0.211 e. The summed E-state index contributed by atoms with van der Waals surface area (Å²) in [6.07, 6.45) is 4.45. The van der Waals surface area contributed by atoms with Crippen molar-refractivity contribution in [2.75, 3.05) is 6.54 Å². The van der Waals surface area contributed by atoms with E-state index >= 15 is 0 Å². The molecule has 0 aromatic heterocycles. The Labute approximate surface area is 71.7 Å². The number of hydrogen-bond acceptors (Lipinski definition) is 4. The van der Waals surface area contributed by atoms with E-state index in [2.05, 4.69) is 16.6 Å². The van der Waals surface area contributed by atoms with Crippen LogP contribution in [0.3, 0.4) is 0 Å². The zero-order chi connectivity index (χ0) is 9.82. The van der Waals surface area contributed by atoms with Gasteiger partial charge in [0, 0.05) is 0 Å². The molecule has 0 fully saturated rings. The summed E-state index contributed by atoms with van der Waals surface area (Å²) in [5.41, 5.74) is 0. The fourth-order valence-corrected chi connectivity index (χ4v) is 0.300. The molecule has 0 N–H and O–H groups in total. The molecule has 0 amide bonds. The van der Waals surface area contributed by atoms with Crippen molar-refractivity contribution in [1.29, 1.82) is 0 Å². The summed E-state index contributed by atoms with van der Waals surface area (Å²) in [5.74, 6) is 0. The van der Waals surface area contributed by atoms with Gasteiger partial charge in [-0.3, -0.25) is 0 Å². The molecule has 0 rings (SSSR count). The highest BCUT2D eigenvalue weighted by atomic mass is 16.1. The lowest BCUT2D eigenvalue weighted by molar-refractivity contribution is 0.554. The lowest BCUT2D eigenvalue weighted by Gasteiger charge is -1.91. The molecular formula is C8H12N2O2. The number of hydrogen-bond donors (Lipinski definition) is 0. The second kappa shape index (κ2) is 12.2. The smallest absolute Gasteiger partial charge is 0.211 e. The quantitative estimate of drug-likeness (QED) is 0.361. The Morgan fingerprint density at radius 1 is 1.50 bits per heavy atom. The fourth-order valence-electron chi connectivity index (χ4n) is 0.300. The van der Waals surface area contributed by atoms with Crippen molar-refractivity contribution in [3.05, 3.63) is 12.7 Å². The van der Waals surface area contributed by atoms with Gasteiger partial charge in [-0.1, -0.05) is 6.08 Å². The standard InChI is InChI=1S/C5H6N2O2.C3H6/c1-5(7-4-9)2-6-3-8;1-3-2/h5H,2H2,1H3;3H,1H2,2H3. The van der Waals surface area contributed by atoms with Crippen LogP contribution in [0.2, 0.25) is 0 Å². The Bertz CT molecular complexity index is 201. The fraction of sp³-hybridized carbons (Fsp3) is 0.500. The molecule has 12 heavy (non-hydrogen) atoms. The van der Waals surface area contributed by atoms with Gasteiger partial charge in [0.15, 0.2) is 0 Å². The molecular weight excluding hydrogens is 156 g/mol. The van der Waals surface area contributed by atoms with Crippen LogP contribution in [0.15, 0.2) is 22.6 Å². The molecule has 0 radical (unpaired) electrons. The van der Waals surface area contributed by atoms with E-state index in [1.165, 1.54) is 12.2 Å². The zero-order valence-corrected chi connectivity index (χ0v) is 7.28. The van der Waals surface area contributed by atoms with Gasteiger partial charge in [0.2, 0.25) is 12.2 Å². The van der Waals surface area contributed by atoms with Gasteiger partial charge >= 0.3 is 0 Å². The Kier molecular flexibility index (Phi) is 13.3. The van der Waals surface area contributed by atoms with E-state index in [9.17, 15) is 9.59 Å². The van der Waals surface area contributed by atoms with Crippen molar-refractivity contribution in [3.8, 4) is 0 Å². The Hall–Kier alpha value is -1.50. The van der Waals surface area contributed by atoms with Gasteiger partial charge in [-0.25, -0.2) is 19.6 Å². The van der Waals surface area contributed by atoms with Gasteiger partial charge in [-0.15, -0.1) is 6.58 Å². The minimum atomic E-state index is -0.260. The van der Waals surface area contributed by atoms with E-state index in [0.29, 0.717) is 0 Å². The Morgan fingerprint density at radius 2 is 2.00 bits per heavy atom. The van der Waals surface area contributed by atoms with E-state index < -0.39 is 0 Å². The molecule has 0 aliphatic carbocycles. The molecule has 0 bridgehead atoms. The molecule has 0 saturated heterocycles. The first-order chi connectivity index (χ1) is 5.72. The molecule has 0 aromatic rings. The van der Waals surface area contributed by atoms with Crippen molar-refractivity contribution in [2.45, 2.75) is 19.9 Å². The first-order valence-corrected chi connectivity index (χ1v) is 3.40. The predicted molar refractivity (Wildman–Crippen MR) is 46.4 cm³/mol. The van der Waals surface area contributed by atoms with Gasteiger partial charge in [0.25, 0.3) is 0 Å². The molecule has 0 aromatic carbocycles. The monoisotopic (exact) mass is 168 g/mol. The van der Waals surface area contributed by atoms with Crippen LogP contribution < -0.4 is 0 Å². The van der Waals surface area contributed by atoms with Crippen LogP contribution in [0.25, 0.3) is 0 Å². The highest BCUT2D eigenvalue weighted by Gasteiger charge is 1.93. The normalized spacial score (nSPS) is 9.17. The van der Waals surface area contributed by atoms with Crippen molar-refractivity contribution in [2.24, 2.45) is 9.98 Å². The van der Waals surface area contributed by atoms with Crippen LogP contribution in [0.4, 0.5) is 0 Å². The molecule has 0 saturated carbocycles. The Balaban J connectivity index is 0. The summed E-state index contributed by atoms with van der Waals surface area (Å²) in [6, 6.07) is -0.260. The maximum absolute atomic E-state index is 9.55. The number of aliphatic imine (C=N–C) groups is 2. The van der Waals surface area contributed by atoms with Crippen LogP contribution in [-0.2, 0) is 9.59 Å². The van der Waals surface area contributed by atoms with Gasteiger partial charge in [-0.05, 0) is 13.8 Å². The van der Waals surface area contributed by atoms with E-state index in [1.54, 1.807) is 13.0 Å². The summed E-state index contributed by atoms with van der Waals surface area (Å²) in [7, 11) is 0. The second-order valence-electron chi connectivity index (χ2n) is 1.91. The summed E-state index contributed by atoms with van der Waals surface area (Å²) < 4.78 is 0. The summed E-state index contributed by atoms with van der Waals surface area (Å²) >= 11 is 0. The minimum absolute atomic E-state index is 0.207. The van der Waals surface area contributed by atoms with Crippen LogP contribution >= 0.6 is 0 Å². The molecule has 0 heterocycles. The number of carbonyl (C=O) groups excluding carboxylic acids is 2. The lowest BCUT2D eigenvalue weighted by atomic mass is 10.4. The lowest BCUT2D eigenvalue weighted by Crippen LogP contribution is -2.00. The molecule has 4 heteroatoms. The van der Waals surface area contributed by atoms with Crippen molar-refractivity contribution in [1.82, 2.24) is 0 Å². The number of isocyanates is 2. The summed E-state index contributed by atoms with van der Waals surface area (Å²) in [4.78, 5) is 25.5. The first kappa shape index (κ1) is 13.1. The topological polar surface area (TPSA) is 58.9 Å². The largest absolute Gasteiger partial charge is 0.235 e. The van der Waals surface area contributed by atoms with E-state index in [-0.39, 0.29) is 12.6 Å². The van der Waals surface area contributed by atoms with Gasteiger partial charge in [-0.2, -0.15) is 0 Å². The highest BCUT2D eigenvalue weighted by molar-refractivity contribution is 5.34. The van der Waals surface area contributed by atoms with Crippen LogP contribution in [0.1, 0.15) is 13.8 Å². The van der Waals surface area contributed by atoms with Gasteiger partial charge < -0.3 is 0 Å². The maximum Gasteiger partial charge on any atom is 0.235 e. The van der Waals surface area contributed by atoms with E-state index in [0.717, 1.165) is 0 Å². The second-order valence-corrected chi connectivity index (χ2v) is 1.91. The van der Waals surface area contributed by atoms with Crippen LogP contribution in [-0.4, -0.2) is 24.7 Å². The Morgan fingerprint density at radius 3 is 2.33 bits per heavy atom. The van der Waals surface area contributed by atoms with E-state index in [4.69, 9.17) is 0 Å². The number of allylic oxidation sites excluding steroid dienone is 1. The molecule has 0 aliphatic heterocycles. The van der Waals surface area contributed by atoms with Gasteiger partial charge in [0.1, 0.15) is 0 Å². The summed E-state index contributed by atoms with van der Waals surface area (Å²) in [6.45, 7) is 7.12. The third kappa shape index (κ3) is 15.8. The highest BCUT2D eigenvalue weighted by Crippen LogP contribution is 1.85. The zero-order valence-electron chi connectivity index (χ0n) is 7.28. The number of nitrogens with zero attached hydrogens (tertiary/aromatic N) is 2. The third-order valence-corrected chi connectivity index (χ3v) is 0.693. The maximum atomic E-state index is 9.55.